The lowest BCUT2D eigenvalue weighted by molar-refractivity contribution is -0.162. The quantitative estimate of drug-likeness (QED) is 0.646. The maximum atomic E-state index is 11.4. The molecule has 0 N–H and O–H groups in total. The molecule has 0 bridgehead atoms. The summed E-state index contributed by atoms with van der Waals surface area (Å²) in [6.45, 7) is 6.93. The van der Waals surface area contributed by atoms with E-state index in [1.807, 2.05) is 20.8 Å². The number of carbonyl (C=O) groups is 2. The number of esters is 1. The van der Waals surface area contributed by atoms with E-state index in [1.165, 1.54) is 13.0 Å². The van der Waals surface area contributed by atoms with Crippen LogP contribution in [0.2, 0.25) is 0 Å². The van der Waals surface area contributed by atoms with Crippen molar-refractivity contribution in [2.75, 3.05) is 0 Å². The molecule has 0 spiro atoms. The van der Waals surface area contributed by atoms with Crippen molar-refractivity contribution in [3.05, 3.63) is 12.2 Å². The van der Waals surface area contributed by atoms with E-state index in [4.69, 9.17) is 9.47 Å². The Bertz CT molecular complexity index is 298. The zero-order chi connectivity index (χ0) is 11.6. The maximum absolute atomic E-state index is 11.4. The average molecular weight is 212 g/mol. The van der Waals surface area contributed by atoms with Gasteiger partial charge in [0.15, 0.2) is 11.9 Å². The molecule has 0 radical (unpaired) electrons. The van der Waals surface area contributed by atoms with E-state index >= 15 is 0 Å². The topological polar surface area (TPSA) is 52.6 Å². The summed E-state index contributed by atoms with van der Waals surface area (Å²) in [6.07, 6.45) is 1.73. The van der Waals surface area contributed by atoms with Crippen LogP contribution in [0.5, 0.6) is 0 Å². The monoisotopic (exact) mass is 212 g/mol. The van der Waals surface area contributed by atoms with E-state index < -0.39 is 18.2 Å². The molecule has 0 amide bonds. The molecule has 0 aromatic carbocycles. The largest absolute Gasteiger partial charge is 0.451 e. The lowest BCUT2D eigenvalue weighted by atomic mass is 10.1. The Morgan fingerprint density at radius 3 is 2.47 bits per heavy atom. The molecule has 0 fully saturated rings. The van der Waals surface area contributed by atoms with E-state index in [2.05, 4.69) is 0 Å². The van der Waals surface area contributed by atoms with Crippen LogP contribution in [0.1, 0.15) is 27.7 Å². The van der Waals surface area contributed by atoms with Crippen LogP contribution in [0.15, 0.2) is 12.2 Å². The van der Waals surface area contributed by atoms with E-state index in [0.717, 1.165) is 0 Å². The van der Waals surface area contributed by atoms with Crippen molar-refractivity contribution < 1.29 is 19.1 Å². The highest BCUT2D eigenvalue weighted by atomic mass is 16.6. The van der Waals surface area contributed by atoms with Gasteiger partial charge in [-0.15, -0.1) is 0 Å². The molecule has 0 aromatic heterocycles. The third-order valence-electron chi connectivity index (χ3n) is 1.81. The van der Waals surface area contributed by atoms with Crippen molar-refractivity contribution >= 4 is 11.8 Å². The number of ketones is 1. The van der Waals surface area contributed by atoms with Crippen LogP contribution < -0.4 is 0 Å². The summed E-state index contributed by atoms with van der Waals surface area (Å²) in [5.41, 5.74) is -0.377. The van der Waals surface area contributed by atoms with Crippen LogP contribution in [0.4, 0.5) is 0 Å². The van der Waals surface area contributed by atoms with Crippen molar-refractivity contribution in [1.82, 2.24) is 0 Å². The van der Waals surface area contributed by atoms with Gasteiger partial charge in [-0.1, -0.05) is 0 Å². The lowest BCUT2D eigenvalue weighted by Crippen LogP contribution is -2.38. The van der Waals surface area contributed by atoms with Gasteiger partial charge in [0, 0.05) is 6.92 Å². The van der Waals surface area contributed by atoms with Crippen LogP contribution in [0.3, 0.4) is 0 Å². The van der Waals surface area contributed by atoms with Gasteiger partial charge in [-0.2, -0.15) is 0 Å². The molecule has 84 valence electrons. The molecule has 1 aliphatic rings. The molecule has 2 atom stereocenters. The summed E-state index contributed by atoms with van der Waals surface area (Å²) in [7, 11) is 0. The average Bonchev–Trinajstić information content (AvgIpc) is 2.32. The van der Waals surface area contributed by atoms with Crippen LogP contribution in [-0.4, -0.2) is 29.6 Å². The van der Waals surface area contributed by atoms with Crippen LogP contribution in [0.25, 0.3) is 0 Å². The fourth-order valence-electron chi connectivity index (χ4n) is 1.36. The maximum Gasteiger partial charge on any atom is 0.303 e. The highest BCUT2D eigenvalue weighted by Crippen LogP contribution is 2.21. The first-order valence-corrected chi connectivity index (χ1v) is 4.87. The normalized spacial score (nSPS) is 25.7. The first kappa shape index (κ1) is 11.9. The van der Waals surface area contributed by atoms with E-state index in [-0.39, 0.29) is 11.4 Å². The van der Waals surface area contributed by atoms with E-state index in [0.29, 0.717) is 0 Å². The molecule has 0 saturated heterocycles. The molecule has 0 unspecified atom stereocenters. The highest BCUT2D eigenvalue weighted by Gasteiger charge is 2.36. The minimum Gasteiger partial charge on any atom is -0.451 e. The summed E-state index contributed by atoms with van der Waals surface area (Å²) in [6, 6.07) is 0. The zero-order valence-electron chi connectivity index (χ0n) is 9.44. The zero-order valence-corrected chi connectivity index (χ0v) is 9.44. The Morgan fingerprint density at radius 1 is 1.40 bits per heavy atom. The third-order valence-corrected chi connectivity index (χ3v) is 1.81. The van der Waals surface area contributed by atoms with Gasteiger partial charge in [-0.25, -0.2) is 0 Å². The third kappa shape index (κ3) is 3.47. The highest BCUT2D eigenvalue weighted by molar-refractivity contribution is 5.98. The molecule has 1 rings (SSSR count). The van der Waals surface area contributed by atoms with Gasteiger partial charge in [-0.3, -0.25) is 9.59 Å². The smallest absolute Gasteiger partial charge is 0.303 e. The Morgan fingerprint density at radius 2 is 2.00 bits per heavy atom. The molecular formula is C11H16O4. The summed E-state index contributed by atoms with van der Waals surface area (Å²) >= 11 is 0. The second-order valence-corrected chi connectivity index (χ2v) is 4.49. The SMILES string of the molecule is CC(=O)O[C@@H]1C(=O)C=C[C@H]1OC(C)(C)C. The number of rotatable bonds is 2. The van der Waals surface area contributed by atoms with Crippen molar-refractivity contribution in [1.29, 1.82) is 0 Å². The minimum atomic E-state index is -0.818. The Kier molecular flexibility index (Phi) is 3.29. The van der Waals surface area contributed by atoms with Crippen LogP contribution in [0, 0.1) is 0 Å². The van der Waals surface area contributed by atoms with Gasteiger partial charge in [0.05, 0.1) is 5.60 Å². The van der Waals surface area contributed by atoms with Crippen molar-refractivity contribution in [2.24, 2.45) is 0 Å². The van der Waals surface area contributed by atoms with Crippen molar-refractivity contribution in [2.45, 2.75) is 45.5 Å². The number of hydrogen-bond acceptors (Lipinski definition) is 4. The molecule has 0 heterocycles. The van der Waals surface area contributed by atoms with Gasteiger partial charge in [0.2, 0.25) is 0 Å². The summed E-state index contributed by atoms with van der Waals surface area (Å²) in [5, 5.41) is 0. The molecule has 0 saturated carbocycles. The standard InChI is InChI=1S/C11H16O4/c1-7(12)14-10-8(13)5-6-9(10)15-11(2,3)4/h5-6,9-10H,1-4H3/t9-,10-/m1/s1. The van der Waals surface area contributed by atoms with Crippen molar-refractivity contribution in [3.8, 4) is 0 Å². The summed E-state index contributed by atoms with van der Waals surface area (Å²) < 4.78 is 10.5. The number of ether oxygens (including phenoxy) is 2. The Labute approximate surface area is 89.2 Å². The van der Waals surface area contributed by atoms with Gasteiger partial charge >= 0.3 is 5.97 Å². The molecule has 1 aliphatic carbocycles. The number of carbonyl (C=O) groups excluding carboxylic acids is 2. The first-order valence-electron chi connectivity index (χ1n) is 4.87. The molecule has 4 heteroatoms. The first-order chi connectivity index (χ1) is 6.79. The number of hydrogen-bond donors (Lipinski definition) is 0. The van der Waals surface area contributed by atoms with Crippen LogP contribution in [-0.2, 0) is 19.1 Å². The second kappa shape index (κ2) is 4.14. The minimum absolute atomic E-state index is 0.223. The fourth-order valence-corrected chi connectivity index (χ4v) is 1.36. The summed E-state index contributed by atoms with van der Waals surface area (Å²) in [4.78, 5) is 22.2. The van der Waals surface area contributed by atoms with Crippen LogP contribution >= 0.6 is 0 Å². The summed E-state index contributed by atoms with van der Waals surface area (Å²) in [5.74, 6) is -0.695. The Hall–Kier alpha value is -1.16. The molecular weight excluding hydrogens is 196 g/mol. The predicted octanol–water partition coefficient (Wildman–Crippen LogP) is 1.24. The van der Waals surface area contributed by atoms with E-state index in [1.54, 1.807) is 6.08 Å². The predicted molar refractivity (Wildman–Crippen MR) is 54.3 cm³/mol. The molecule has 0 aliphatic heterocycles. The van der Waals surface area contributed by atoms with Gasteiger partial charge < -0.3 is 9.47 Å². The van der Waals surface area contributed by atoms with Crippen molar-refractivity contribution in [3.63, 3.8) is 0 Å². The molecule has 15 heavy (non-hydrogen) atoms. The molecule has 0 aromatic rings. The molecule has 4 nitrogen and oxygen atoms in total. The second-order valence-electron chi connectivity index (χ2n) is 4.49. The Balaban J connectivity index is 2.67. The van der Waals surface area contributed by atoms with Gasteiger partial charge in [-0.05, 0) is 32.9 Å². The van der Waals surface area contributed by atoms with E-state index in [9.17, 15) is 9.59 Å². The van der Waals surface area contributed by atoms with Gasteiger partial charge in [0.25, 0.3) is 0 Å². The lowest BCUT2D eigenvalue weighted by Gasteiger charge is -2.27. The fraction of sp³-hybridized carbons (Fsp3) is 0.636. The van der Waals surface area contributed by atoms with Gasteiger partial charge in [0.1, 0.15) is 6.10 Å².